The van der Waals surface area contributed by atoms with E-state index < -0.39 is 10.0 Å². The van der Waals surface area contributed by atoms with Crippen molar-refractivity contribution in [2.24, 2.45) is 0 Å². The van der Waals surface area contributed by atoms with Crippen molar-refractivity contribution in [2.75, 3.05) is 49.1 Å². The van der Waals surface area contributed by atoms with E-state index in [0.29, 0.717) is 43.6 Å². The van der Waals surface area contributed by atoms with Crippen LogP contribution in [0.25, 0.3) is 0 Å². The van der Waals surface area contributed by atoms with Crippen LogP contribution in [0.2, 0.25) is 0 Å². The fourth-order valence-electron chi connectivity index (χ4n) is 2.83. The first-order valence-corrected chi connectivity index (χ1v) is 9.81. The number of pyridine rings is 1. The minimum atomic E-state index is -3.74. The molecule has 1 saturated heterocycles. The fraction of sp³-hybridized carbons (Fsp3) is 0.353. The summed E-state index contributed by atoms with van der Waals surface area (Å²) in [6, 6.07) is 8.06. The van der Waals surface area contributed by atoms with Crippen LogP contribution in [0, 0.1) is 0 Å². The molecule has 9 heteroatoms. The van der Waals surface area contributed by atoms with Crippen molar-refractivity contribution in [1.29, 1.82) is 0 Å². The molecule has 3 heterocycles. The molecule has 0 radical (unpaired) electrons. The molecule has 0 amide bonds. The topological polar surface area (TPSA) is 90.0 Å². The molecule has 2 aliphatic rings. The van der Waals surface area contributed by atoms with Crippen molar-refractivity contribution in [2.45, 2.75) is 4.90 Å². The van der Waals surface area contributed by atoms with Crippen molar-refractivity contribution >= 4 is 21.5 Å². The number of nitrogens with zero attached hydrogens (tertiary/aromatic N) is 2. The molecule has 1 aromatic heterocycles. The second-order valence-electron chi connectivity index (χ2n) is 5.92. The maximum atomic E-state index is 12.6. The van der Waals surface area contributed by atoms with Crippen molar-refractivity contribution in [1.82, 2.24) is 4.98 Å². The number of morpholine rings is 1. The highest BCUT2D eigenvalue weighted by molar-refractivity contribution is 7.92. The van der Waals surface area contributed by atoms with Crippen LogP contribution in [0.1, 0.15) is 0 Å². The van der Waals surface area contributed by atoms with Crippen molar-refractivity contribution in [3.8, 4) is 11.5 Å². The first-order chi connectivity index (χ1) is 12.6. The van der Waals surface area contributed by atoms with E-state index in [2.05, 4.69) is 14.6 Å². The number of nitrogens with one attached hydrogen (secondary N) is 1. The average Bonchev–Trinajstić information content (AvgIpc) is 2.68. The molecule has 8 nitrogen and oxygen atoms in total. The molecule has 0 aliphatic carbocycles. The van der Waals surface area contributed by atoms with Gasteiger partial charge in [-0.3, -0.25) is 4.72 Å². The lowest BCUT2D eigenvalue weighted by molar-refractivity contribution is 0.122. The highest BCUT2D eigenvalue weighted by Gasteiger charge is 2.20. The second kappa shape index (κ2) is 7.00. The molecule has 26 heavy (non-hydrogen) atoms. The summed E-state index contributed by atoms with van der Waals surface area (Å²) in [5.74, 6) is 1.78. The van der Waals surface area contributed by atoms with Gasteiger partial charge in [-0.25, -0.2) is 13.4 Å². The van der Waals surface area contributed by atoms with Gasteiger partial charge in [0.2, 0.25) is 0 Å². The Morgan fingerprint density at radius 2 is 1.73 bits per heavy atom. The summed E-state index contributed by atoms with van der Waals surface area (Å²) in [5, 5.41) is 0. The normalized spacial score (nSPS) is 17.0. The maximum absolute atomic E-state index is 12.6. The van der Waals surface area contributed by atoms with E-state index in [4.69, 9.17) is 14.2 Å². The van der Waals surface area contributed by atoms with E-state index >= 15 is 0 Å². The summed E-state index contributed by atoms with van der Waals surface area (Å²) < 4.78 is 43.9. The van der Waals surface area contributed by atoms with Crippen LogP contribution >= 0.6 is 0 Å². The predicted octanol–water partition coefficient (Wildman–Crippen LogP) is 1.49. The number of aromatic nitrogens is 1. The van der Waals surface area contributed by atoms with E-state index in [-0.39, 0.29) is 4.90 Å². The number of anilines is 2. The Morgan fingerprint density at radius 3 is 2.46 bits per heavy atom. The second-order valence-corrected chi connectivity index (χ2v) is 7.60. The number of hydrogen-bond acceptors (Lipinski definition) is 7. The molecular weight excluding hydrogens is 358 g/mol. The van der Waals surface area contributed by atoms with Gasteiger partial charge in [0, 0.05) is 19.2 Å². The van der Waals surface area contributed by atoms with Crippen LogP contribution in [0.5, 0.6) is 11.5 Å². The first kappa shape index (κ1) is 16.9. The number of ether oxygens (including phenoxy) is 3. The Balaban J connectivity index is 1.50. The Kier molecular flexibility index (Phi) is 4.56. The van der Waals surface area contributed by atoms with Gasteiger partial charge >= 0.3 is 0 Å². The average molecular weight is 377 g/mol. The van der Waals surface area contributed by atoms with Crippen LogP contribution in [-0.4, -0.2) is 52.9 Å². The minimum absolute atomic E-state index is 0.110. The third-order valence-corrected chi connectivity index (χ3v) is 5.54. The highest BCUT2D eigenvalue weighted by Crippen LogP contribution is 2.32. The lowest BCUT2D eigenvalue weighted by Crippen LogP contribution is -2.36. The van der Waals surface area contributed by atoms with Crippen LogP contribution in [0.4, 0.5) is 11.5 Å². The number of fused-ring (bicyclic) bond motifs is 1. The predicted molar refractivity (Wildman–Crippen MR) is 95.5 cm³/mol. The molecule has 0 unspecified atom stereocenters. The lowest BCUT2D eigenvalue weighted by atomic mass is 10.3. The summed E-state index contributed by atoms with van der Waals surface area (Å²) >= 11 is 0. The van der Waals surface area contributed by atoms with E-state index in [1.165, 1.54) is 18.3 Å². The summed E-state index contributed by atoms with van der Waals surface area (Å²) in [4.78, 5) is 6.56. The molecule has 2 aliphatic heterocycles. The van der Waals surface area contributed by atoms with Gasteiger partial charge in [-0.05, 0) is 24.3 Å². The zero-order valence-electron chi connectivity index (χ0n) is 14.1. The van der Waals surface area contributed by atoms with Crippen LogP contribution in [0.3, 0.4) is 0 Å². The number of rotatable bonds is 4. The zero-order valence-corrected chi connectivity index (χ0v) is 14.9. The maximum Gasteiger partial charge on any atom is 0.262 e. The molecule has 0 bridgehead atoms. The zero-order chi connectivity index (χ0) is 18.0. The molecule has 138 valence electrons. The van der Waals surface area contributed by atoms with E-state index in [1.807, 2.05) is 0 Å². The van der Waals surface area contributed by atoms with Gasteiger partial charge in [0.15, 0.2) is 11.5 Å². The molecule has 2 aromatic rings. The summed E-state index contributed by atoms with van der Waals surface area (Å²) in [6.07, 6.45) is 1.51. The standard InChI is InChI=1S/C17H19N3O5S/c21-26(22,14-2-3-15-16(11-14)25-10-9-24-15)19-13-1-4-17(18-12-13)20-5-7-23-8-6-20/h1-4,11-12,19H,5-10H2. The summed E-state index contributed by atoms with van der Waals surface area (Å²) in [6.45, 7) is 3.74. The van der Waals surface area contributed by atoms with Crippen molar-refractivity contribution in [3.63, 3.8) is 0 Å². The van der Waals surface area contributed by atoms with Gasteiger partial charge in [-0.1, -0.05) is 0 Å². The van der Waals surface area contributed by atoms with Crippen LogP contribution in [-0.2, 0) is 14.8 Å². The molecule has 1 aromatic carbocycles. The fourth-order valence-corrected chi connectivity index (χ4v) is 3.89. The van der Waals surface area contributed by atoms with E-state index in [9.17, 15) is 8.42 Å². The number of benzene rings is 1. The molecular formula is C17H19N3O5S. The minimum Gasteiger partial charge on any atom is -0.486 e. The lowest BCUT2D eigenvalue weighted by Gasteiger charge is -2.27. The third kappa shape index (κ3) is 3.54. The summed E-state index contributed by atoms with van der Waals surface area (Å²) in [7, 11) is -3.74. The van der Waals surface area contributed by atoms with Gasteiger partial charge < -0.3 is 19.1 Å². The number of hydrogen-bond donors (Lipinski definition) is 1. The van der Waals surface area contributed by atoms with Crippen LogP contribution < -0.4 is 19.1 Å². The summed E-state index contributed by atoms with van der Waals surface area (Å²) in [5.41, 5.74) is 0.400. The van der Waals surface area contributed by atoms with Gasteiger partial charge in [-0.2, -0.15) is 0 Å². The van der Waals surface area contributed by atoms with E-state index in [0.717, 1.165) is 18.9 Å². The third-order valence-electron chi connectivity index (χ3n) is 4.16. The van der Waals surface area contributed by atoms with Crippen molar-refractivity contribution in [3.05, 3.63) is 36.5 Å². The largest absolute Gasteiger partial charge is 0.486 e. The molecule has 0 atom stereocenters. The molecule has 4 rings (SSSR count). The number of sulfonamides is 1. The first-order valence-electron chi connectivity index (χ1n) is 8.33. The van der Waals surface area contributed by atoms with Crippen LogP contribution in [0.15, 0.2) is 41.4 Å². The van der Waals surface area contributed by atoms with E-state index in [1.54, 1.807) is 18.2 Å². The van der Waals surface area contributed by atoms with Gasteiger partial charge in [-0.15, -0.1) is 0 Å². The molecule has 1 fully saturated rings. The SMILES string of the molecule is O=S(=O)(Nc1ccc(N2CCOCC2)nc1)c1ccc2c(c1)OCCO2. The molecule has 0 spiro atoms. The Hall–Kier alpha value is -2.52. The smallest absolute Gasteiger partial charge is 0.262 e. The quantitative estimate of drug-likeness (QED) is 0.863. The Labute approximate surface area is 151 Å². The Bertz CT molecular complexity index is 880. The van der Waals surface area contributed by atoms with Gasteiger partial charge in [0.25, 0.3) is 10.0 Å². The molecule has 0 saturated carbocycles. The Morgan fingerprint density at radius 1 is 0.962 bits per heavy atom. The monoisotopic (exact) mass is 377 g/mol. The van der Waals surface area contributed by atoms with Gasteiger partial charge in [0.05, 0.1) is 30.0 Å². The highest BCUT2D eigenvalue weighted by atomic mass is 32.2. The molecule has 1 N–H and O–H groups in total. The van der Waals surface area contributed by atoms with Crippen molar-refractivity contribution < 1.29 is 22.6 Å². The van der Waals surface area contributed by atoms with Gasteiger partial charge in [0.1, 0.15) is 19.0 Å².